The fourth-order valence-corrected chi connectivity index (χ4v) is 5.44. The molecule has 1 N–H and O–H groups in total. The summed E-state index contributed by atoms with van der Waals surface area (Å²) in [4.78, 5) is 0.112. The molecule has 0 saturated carbocycles. The van der Waals surface area contributed by atoms with Gasteiger partial charge in [0.2, 0.25) is 10.0 Å². The van der Waals surface area contributed by atoms with Crippen molar-refractivity contribution in [3.05, 3.63) is 48.5 Å². The van der Waals surface area contributed by atoms with Crippen molar-refractivity contribution in [3.63, 3.8) is 0 Å². The molecule has 2 aromatic rings. The Hall–Kier alpha value is -2.26. The third-order valence-electron chi connectivity index (χ3n) is 4.13. The van der Waals surface area contributed by atoms with E-state index in [4.69, 9.17) is 4.74 Å². The molecule has 2 aromatic carbocycles. The first-order valence-electron chi connectivity index (χ1n) is 8.09. The molecule has 140 valence electrons. The van der Waals surface area contributed by atoms with Crippen LogP contribution in [0.4, 0.5) is 11.4 Å². The summed E-state index contributed by atoms with van der Waals surface area (Å²) in [6.07, 6.45) is 1.48. The monoisotopic (exact) mass is 396 g/mol. The first kappa shape index (κ1) is 18.5. The van der Waals surface area contributed by atoms with Crippen LogP contribution in [0.2, 0.25) is 0 Å². The molecule has 9 heteroatoms. The Labute approximate surface area is 153 Å². The summed E-state index contributed by atoms with van der Waals surface area (Å²) in [5.74, 6) is 0.704. The van der Waals surface area contributed by atoms with E-state index in [0.29, 0.717) is 30.1 Å². The first-order chi connectivity index (χ1) is 12.3. The van der Waals surface area contributed by atoms with E-state index in [1.54, 1.807) is 36.4 Å². The smallest absolute Gasteiger partial charge is 0.261 e. The number of sulfonamides is 2. The predicted octanol–water partition coefficient (Wildman–Crippen LogP) is 2.43. The average molecular weight is 396 g/mol. The standard InChI is InChI=1S/C17H20N2O5S2/c1-24-16-8-10-17(11-9-16)26(22,23)18-14-4-6-15(7-5-14)19-12-2-3-13-25(19,20)21/h4-11,18H,2-3,12-13H2,1H3. The van der Waals surface area contributed by atoms with Gasteiger partial charge < -0.3 is 4.74 Å². The number of anilines is 2. The second-order valence-electron chi connectivity index (χ2n) is 5.92. The summed E-state index contributed by atoms with van der Waals surface area (Å²) in [5.41, 5.74) is 0.899. The highest BCUT2D eigenvalue weighted by atomic mass is 32.2. The van der Waals surface area contributed by atoms with E-state index in [0.717, 1.165) is 6.42 Å². The lowest BCUT2D eigenvalue weighted by Crippen LogP contribution is -2.37. The molecule has 7 nitrogen and oxygen atoms in total. The molecular weight excluding hydrogens is 376 g/mol. The zero-order chi connectivity index (χ0) is 18.8. The Bertz CT molecular complexity index is 969. The summed E-state index contributed by atoms with van der Waals surface area (Å²) >= 11 is 0. The van der Waals surface area contributed by atoms with Gasteiger partial charge in [-0.25, -0.2) is 16.8 Å². The minimum atomic E-state index is -3.74. The van der Waals surface area contributed by atoms with E-state index in [2.05, 4.69) is 4.72 Å². The van der Waals surface area contributed by atoms with Gasteiger partial charge in [-0.15, -0.1) is 0 Å². The Morgan fingerprint density at radius 2 is 1.65 bits per heavy atom. The molecule has 1 heterocycles. The van der Waals surface area contributed by atoms with Crippen molar-refractivity contribution in [2.45, 2.75) is 17.7 Å². The number of ether oxygens (including phenoxy) is 1. The second-order valence-corrected chi connectivity index (χ2v) is 9.62. The molecule has 0 amide bonds. The zero-order valence-electron chi connectivity index (χ0n) is 14.3. The van der Waals surface area contributed by atoms with Crippen LogP contribution in [0.15, 0.2) is 53.4 Å². The van der Waals surface area contributed by atoms with Crippen LogP contribution in [0.5, 0.6) is 5.75 Å². The Kier molecular flexibility index (Phi) is 5.10. The van der Waals surface area contributed by atoms with Gasteiger partial charge in [-0.2, -0.15) is 0 Å². The molecule has 0 aromatic heterocycles. The molecule has 1 aliphatic rings. The van der Waals surface area contributed by atoms with Crippen LogP contribution in [-0.4, -0.2) is 36.2 Å². The third-order valence-corrected chi connectivity index (χ3v) is 7.39. The van der Waals surface area contributed by atoms with Gasteiger partial charge in [0.05, 0.1) is 23.4 Å². The van der Waals surface area contributed by atoms with Crippen molar-refractivity contribution in [2.24, 2.45) is 0 Å². The van der Waals surface area contributed by atoms with Gasteiger partial charge >= 0.3 is 0 Å². The van der Waals surface area contributed by atoms with Gasteiger partial charge in [0.25, 0.3) is 10.0 Å². The maximum atomic E-state index is 12.4. The number of rotatable bonds is 5. The summed E-state index contributed by atoms with van der Waals surface area (Å²) in [6.45, 7) is 0.444. The lowest BCUT2D eigenvalue weighted by molar-refractivity contribution is 0.414. The molecule has 0 spiro atoms. The van der Waals surface area contributed by atoms with Crippen LogP contribution < -0.4 is 13.8 Å². The maximum Gasteiger partial charge on any atom is 0.261 e. The highest BCUT2D eigenvalue weighted by Crippen LogP contribution is 2.26. The molecule has 0 unspecified atom stereocenters. The molecule has 3 rings (SSSR count). The quantitative estimate of drug-likeness (QED) is 0.838. The molecule has 0 atom stereocenters. The van der Waals surface area contributed by atoms with Crippen LogP contribution in [0.25, 0.3) is 0 Å². The molecule has 0 radical (unpaired) electrons. The minimum absolute atomic E-state index is 0.112. The minimum Gasteiger partial charge on any atom is -0.497 e. The number of benzene rings is 2. The number of methoxy groups -OCH3 is 1. The van der Waals surface area contributed by atoms with Crippen LogP contribution in [-0.2, 0) is 20.0 Å². The molecule has 0 aliphatic carbocycles. The lowest BCUT2D eigenvalue weighted by atomic mass is 10.2. The molecule has 1 fully saturated rings. The van der Waals surface area contributed by atoms with Crippen molar-refractivity contribution >= 4 is 31.4 Å². The molecule has 26 heavy (non-hydrogen) atoms. The van der Waals surface area contributed by atoms with Gasteiger partial charge in [-0.3, -0.25) is 9.03 Å². The highest BCUT2D eigenvalue weighted by molar-refractivity contribution is 7.93. The summed E-state index contributed by atoms with van der Waals surface area (Å²) in [5, 5.41) is 0. The molecular formula is C17H20N2O5S2. The SMILES string of the molecule is COc1ccc(S(=O)(=O)Nc2ccc(N3CCCCS3(=O)=O)cc2)cc1. The Morgan fingerprint density at radius 1 is 1.00 bits per heavy atom. The Balaban J connectivity index is 1.78. The van der Waals surface area contributed by atoms with E-state index < -0.39 is 20.0 Å². The molecule has 1 saturated heterocycles. The average Bonchev–Trinajstić information content (AvgIpc) is 2.62. The van der Waals surface area contributed by atoms with Crippen LogP contribution in [0.1, 0.15) is 12.8 Å². The number of nitrogens with one attached hydrogen (secondary N) is 1. The third kappa shape index (κ3) is 3.94. The zero-order valence-corrected chi connectivity index (χ0v) is 15.9. The fraction of sp³-hybridized carbons (Fsp3) is 0.294. The Morgan fingerprint density at radius 3 is 2.23 bits per heavy atom. The lowest BCUT2D eigenvalue weighted by Gasteiger charge is -2.28. The van der Waals surface area contributed by atoms with Crippen LogP contribution >= 0.6 is 0 Å². The number of hydrogen-bond donors (Lipinski definition) is 1. The van der Waals surface area contributed by atoms with E-state index in [1.807, 2.05) is 0 Å². The van der Waals surface area contributed by atoms with E-state index in [-0.39, 0.29) is 10.6 Å². The van der Waals surface area contributed by atoms with Crippen LogP contribution in [0.3, 0.4) is 0 Å². The van der Waals surface area contributed by atoms with E-state index in [9.17, 15) is 16.8 Å². The number of nitrogens with zero attached hydrogens (tertiary/aromatic N) is 1. The molecule has 1 aliphatic heterocycles. The van der Waals surface area contributed by atoms with Crippen molar-refractivity contribution in [1.29, 1.82) is 0 Å². The normalized spacial score (nSPS) is 16.9. The largest absolute Gasteiger partial charge is 0.497 e. The molecule has 0 bridgehead atoms. The van der Waals surface area contributed by atoms with Gasteiger partial charge in [-0.05, 0) is 61.4 Å². The highest BCUT2D eigenvalue weighted by Gasteiger charge is 2.26. The van der Waals surface area contributed by atoms with E-state index >= 15 is 0 Å². The van der Waals surface area contributed by atoms with Crippen molar-refractivity contribution < 1.29 is 21.6 Å². The van der Waals surface area contributed by atoms with Gasteiger partial charge in [0.1, 0.15) is 5.75 Å². The van der Waals surface area contributed by atoms with Gasteiger partial charge in [-0.1, -0.05) is 0 Å². The van der Waals surface area contributed by atoms with Crippen LogP contribution in [0, 0.1) is 0 Å². The van der Waals surface area contributed by atoms with Gasteiger partial charge in [0, 0.05) is 12.2 Å². The second kappa shape index (κ2) is 7.16. The van der Waals surface area contributed by atoms with Crippen molar-refractivity contribution in [1.82, 2.24) is 0 Å². The van der Waals surface area contributed by atoms with Gasteiger partial charge in [0.15, 0.2) is 0 Å². The summed E-state index contributed by atoms with van der Waals surface area (Å²) < 4.78 is 58.0. The van der Waals surface area contributed by atoms with Crippen molar-refractivity contribution in [2.75, 3.05) is 28.4 Å². The number of hydrogen-bond acceptors (Lipinski definition) is 5. The fourth-order valence-electron chi connectivity index (χ4n) is 2.74. The topological polar surface area (TPSA) is 92.8 Å². The van der Waals surface area contributed by atoms with E-state index in [1.165, 1.54) is 23.5 Å². The maximum absolute atomic E-state index is 12.4. The summed E-state index contributed by atoms with van der Waals surface area (Å²) in [7, 11) is -5.52. The summed E-state index contributed by atoms with van der Waals surface area (Å²) in [6, 6.07) is 12.4. The first-order valence-corrected chi connectivity index (χ1v) is 11.2. The predicted molar refractivity (Wildman–Crippen MR) is 101 cm³/mol. The van der Waals surface area contributed by atoms with Crippen molar-refractivity contribution in [3.8, 4) is 5.75 Å².